The normalized spacial score (nSPS) is 26.8. The second-order valence-corrected chi connectivity index (χ2v) is 12.5. The minimum Gasteiger partial charge on any atom is -0.473 e. The van der Waals surface area contributed by atoms with E-state index >= 15 is 0 Å². The van der Waals surface area contributed by atoms with E-state index in [0.717, 1.165) is 51.4 Å². The largest absolute Gasteiger partial charge is 0.473 e. The molecular formula is C31H50N2O12. The van der Waals surface area contributed by atoms with Gasteiger partial charge in [-0.05, 0) is 78.3 Å². The molecule has 2 unspecified atom stereocenters. The van der Waals surface area contributed by atoms with E-state index in [9.17, 15) is 9.59 Å². The molecule has 4 aliphatic rings. The molecule has 14 nitrogen and oxygen atoms in total. The molecule has 6 atom stereocenters. The Morgan fingerprint density at radius 1 is 0.489 bits per heavy atom. The van der Waals surface area contributed by atoms with E-state index in [0.29, 0.717) is 37.4 Å². The van der Waals surface area contributed by atoms with Crippen LogP contribution in [-0.2, 0) is 38.2 Å². The standard InChI is InChI=1S/C27H46N2O4.2C2H2O4/c1-28-22-10-11-23(28)17-20(16-22)26(30)32-14-8-6-4-3-5-7-9-15-33-27(31)21-18-24-12-13-25(19-21)29(24)2;2*3-1(4)2(5)6/h20-25H,3-19H2,1-2H3;2*(H,3,4)(H,5,6)/t20?,21?,22-,23+,24-,25+;;. The average molecular weight is 643 g/mol. The molecule has 0 aromatic heterocycles. The van der Waals surface area contributed by atoms with Crippen molar-refractivity contribution < 1.29 is 58.7 Å². The fourth-order valence-corrected chi connectivity index (χ4v) is 6.88. The third kappa shape index (κ3) is 12.9. The van der Waals surface area contributed by atoms with E-state index in [2.05, 4.69) is 23.9 Å². The fraction of sp³-hybridized carbons (Fsp3) is 0.806. The molecule has 0 amide bonds. The first-order valence-corrected chi connectivity index (χ1v) is 16.0. The van der Waals surface area contributed by atoms with Crippen molar-refractivity contribution in [2.75, 3.05) is 27.3 Å². The Morgan fingerprint density at radius 3 is 0.978 bits per heavy atom. The predicted octanol–water partition coefficient (Wildman–Crippen LogP) is 2.86. The van der Waals surface area contributed by atoms with Gasteiger partial charge in [0.15, 0.2) is 0 Å². The van der Waals surface area contributed by atoms with Crippen LogP contribution < -0.4 is 0 Å². The van der Waals surface area contributed by atoms with Gasteiger partial charge in [-0.3, -0.25) is 9.59 Å². The Morgan fingerprint density at radius 2 is 0.733 bits per heavy atom. The lowest BCUT2D eigenvalue weighted by Crippen LogP contribution is -2.42. The molecule has 4 rings (SSSR count). The van der Waals surface area contributed by atoms with Crippen molar-refractivity contribution in [2.24, 2.45) is 11.8 Å². The van der Waals surface area contributed by atoms with Crippen LogP contribution in [0.1, 0.15) is 96.3 Å². The third-order valence-corrected chi connectivity index (χ3v) is 9.51. The number of carbonyl (C=O) groups is 6. The number of rotatable bonds is 12. The summed E-state index contributed by atoms with van der Waals surface area (Å²) in [4.78, 5) is 66.1. The minimum atomic E-state index is -1.82. The number of esters is 2. The number of unbranched alkanes of at least 4 members (excludes halogenated alkanes) is 6. The molecule has 4 fully saturated rings. The molecule has 45 heavy (non-hydrogen) atoms. The average Bonchev–Trinajstić information content (AvgIpc) is 3.30. The van der Waals surface area contributed by atoms with Crippen molar-refractivity contribution in [3.63, 3.8) is 0 Å². The van der Waals surface area contributed by atoms with Gasteiger partial charge in [-0.2, -0.15) is 0 Å². The van der Waals surface area contributed by atoms with Crippen molar-refractivity contribution in [1.29, 1.82) is 0 Å². The molecule has 4 bridgehead atoms. The quantitative estimate of drug-likeness (QED) is 0.137. The summed E-state index contributed by atoms with van der Waals surface area (Å²) in [6, 6.07) is 2.37. The lowest BCUT2D eigenvalue weighted by atomic mass is 9.91. The van der Waals surface area contributed by atoms with Crippen LogP contribution in [0.15, 0.2) is 0 Å². The van der Waals surface area contributed by atoms with Crippen LogP contribution in [0.2, 0.25) is 0 Å². The molecule has 4 saturated heterocycles. The van der Waals surface area contributed by atoms with Gasteiger partial charge in [0.25, 0.3) is 0 Å². The molecule has 0 aromatic carbocycles. The monoisotopic (exact) mass is 642 g/mol. The number of nitrogens with zero attached hydrogens (tertiary/aromatic N) is 2. The van der Waals surface area contributed by atoms with Gasteiger partial charge in [-0.1, -0.05) is 32.1 Å². The SMILES string of the molecule is CN1[C@@H]2CC[C@H]1CC(C(=O)OCCCCCCCCCOC(=O)C1C[C@H]3CC[C@@H](C1)N3C)C2.O=C(O)C(=O)O.O=C(O)C(=O)O. The van der Waals surface area contributed by atoms with Gasteiger partial charge in [0.2, 0.25) is 0 Å². The van der Waals surface area contributed by atoms with E-state index in [4.69, 9.17) is 49.1 Å². The molecule has 256 valence electrons. The first-order chi connectivity index (χ1) is 21.3. The Balaban J connectivity index is 0.000000499. The lowest BCUT2D eigenvalue weighted by molar-refractivity contribution is -0.159. The minimum absolute atomic E-state index is 0.0439. The molecule has 0 saturated carbocycles. The van der Waals surface area contributed by atoms with E-state index in [1.165, 1.54) is 44.9 Å². The molecule has 0 aromatic rings. The maximum atomic E-state index is 12.4. The second-order valence-electron chi connectivity index (χ2n) is 12.5. The van der Waals surface area contributed by atoms with Crippen LogP contribution in [0, 0.1) is 11.8 Å². The highest BCUT2D eigenvalue weighted by Gasteiger charge is 2.42. The summed E-state index contributed by atoms with van der Waals surface area (Å²) >= 11 is 0. The number of hydrogen-bond donors (Lipinski definition) is 4. The molecular weight excluding hydrogens is 592 g/mol. The Kier molecular flexibility index (Phi) is 16.3. The van der Waals surface area contributed by atoms with Gasteiger partial charge < -0.3 is 39.7 Å². The van der Waals surface area contributed by atoms with Crippen LogP contribution in [0.4, 0.5) is 0 Å². The lowest BCUT2D eigenvalue weighted by Gasteiger charge is -2.35. The highest BCUT2D eigenvalue weighted by molar-refractivity contribution is 6.27. The summed E-state index contributed by atoms with van der Waals surface area (Å²) in [6.45, 7) is 1.16. The van der Waals surface area contributed by atoms with Gasteiger partial charge in [0.1, 0.15) is 0 Å². The number of carboxylic acids is 4. The molecule has 4 heterocycles. The van der Waals surface area contributed by atoms with Gasteiger partial charge in [0.05, 0.1) is 25.0 Å². The number of aliphatic carboxylic acids is 4. The van der Waals surface area contributed by atoms with Crippen LogP contribution in [0.5, 0.6) is 0 Å². The predicted molar refractivity (Wildman–Crippen MR) is 159 cm³/mol. The number of piperidine rings is 2. The first-order valence-electron chi connectivity index (χ1n) is 16.0. The smallest absolute Gasteiger partial charge is 0.414 e. The van der Waals surface area contributed by atoms with E-state index in [-0.39, 0.29) is 23.8 Å². The summed E-state index contributed by atoms with van der Waals surface area (Å²) in [6.07, 6.45) is 16.7. The topological polar surface area (TPSA) is 208 Å². The van der Waals surface area contributed by atoms with Crippen molar-refractivity contribution >= 4 is 35.8 Å². The number of ether oxygens (including phenoxy) is 2. The van der Waals surface area contributed by atoms with Crippen LogP contribution >= 0.6 is 0 Å². The van der Waals surface area contributed by atoms with E-state index in [1.54, 1.807) is 0 Å². The van der Waals surface area contributed by atoms with Crippen molar-refractivity contribution in [1.82, 2.24) is 9.80 Å². The Bertz CT molecular complexity index is 891. The van der Waals surface area contributed by atoms with E-state index < -0.39 is 23.9 Å². The Labute approximate surface area is 264 Å². The van der Waals surface area contributed by atoms with Gasteiger partial charge in [0, 0.05) is 24.2 Å². The third-order valence-electron chi connectivity index (χ3n) is 9.51. The molecule has 4 aliphatic heterocycles. The Hall–Kier alpha value is -3.26. The van der Waals surface area contributed by atoms with Crippen molar-refractivity contribution in [3.8, 4) is 0 Å². The van der Waals surface area contributed by atoms with Crippen LogP contribution in [0.25, 0.3) is 0 Å². The maximum Gasteiger partial charge on any atom is 0.414 e. The summed E-state index contributed by atoms with van der Waals surface area (Å²) in [5, 5.41) is 29.6. The zero-order valence-electron chi connectivity index (χ0n) is 26.4. The fourth-order valence-electron chi connectivity index (χ4n) is 6.88. The van der Waals surface area contributed by atoms with Gasteiger partial charge in [-0.25, -0.2) is 19.2 Å². The molecule has 14 heteroatoms. The summed E-state index contributed by atoms with van der Waals surface area (Å²) < 4.78 is 11.2. The van der Waals surface area contributed by atoms with Crippen molar-refractivity contribution in [3.05, 3.63) is 0 Å². The first kappa shape index (κ1) is 37.9. The second kappa shape index (κ2) is 19.3. The van der Waals surface area contributed by atoms with E-state index in [1.807, 2.05) is 0 Å². The molecule has 0 spiro atoms. The number of fused-ring (bicyclic) bond motifs is 4. The summed E-state index contributed by atoms with van der Waals surface area (Å²) in [5.74, 6) is -6.95. The number of hydrogen-bond acceptors (Lipinski definition) is 10. The molecule has 4 N–H and O–H groups in total. The van der Waals surface area contributed by atoms with Gasteiger partial charge >= 0.3 is 35.8 Å². The van der Waals surface area contributed by atoms with Gasteiger partial charge in [-0.15, -0.1) is 0 Å². The molecule has 0 aliphatic carbocycles. The number of carboxylic acid groups (broad SMARTS) is 4. The zero-order chi connectivity index (χ0) is 33.5. The summed E-state index contributed by atoms with van der Waals surface area (Å²) in [5.41, 5.74) is 0. The van der Waals surface area contributed by atoms with Crippen LogP contribution in [0.3, 0.4) is 0 Å². The summed E-state index contributed by atoms with van der Waals surface area (Å²) in [7, 11) is 4.41. The zero-order valence-corrected chi connectivity index (χ0v) is 26.4. The molecule has 0 radical (unpaired) electrons. The van der Waals surface area contributed by atoms with Crippen LogP contribution in [-0.4, -0.2) is 118 Å². The number of carbonyl (C=O) groups excluding carboxylic acids is 2. The highest BCUT2D eigenvalue weighted by atomic mass is 16.5. The maximum absolute atomic E-state index is 12.4. The van der Waals surface area contributed by atoms with Crippen molar-refractivity contribution in [2.45, 2.75) is 120 Å². The highest BCUT2D eigenvalue weighted by Crippen LogP contribution is 2.38.